The highest BCUT2D eigenvalue weighted by atomic mass is 32.1. The van der Waals surface area contributed by atoms with Gasteiger partial charge in [-0.3, -0.25) is 0 Å². The molecule has 86 valence electrons. The second-order valence-electron chi connectivity index (χ2n) is 4.34. The van der Waals surface area contributed by atoms with Gasteiger partial charge in [-0.15, -0.1) is 0 Å². The Hall–Kier alpha value is -1.49. The summed E-state index contributed by atoms with van der Waals surface area (Å²) in [6.07, 6.45) is 2.72. The Morgan fingerprint density at radius 2 is 1.88 bits per heavy atom. The summed E-state index contributed by atoms with van der Waals surface area (Å²) in [7, 11) is 0. The van der Waals surface area contributed by atoms with E-state index in [1.165, 1.54) is 4.57 Å². The van der Waals surface area contributed by atoms with Gasteiger partial charge in [0.1, 0.15) is 10.6 Å². The normalized spacial score (nSPS) is 10.9. The first-order valence-corrected chi connectivity index (χ1v) is 5.25. The van der Waals surface area contributed by atoms with Crippen LogP contribution < -0.4 is 10.3 Å². The lowest BCUT2D eigenvalue weighted by Crippen LogP contribution is -2.46. The Morgan fingerprint density at radius 3 is 2.25 bits per heavy atom. The third-order valence-electron chi connectivity index (χ3n) is 1.72. The quantitative estimate of drug-likeness (QED) is 0.594. The SMILES string of the molecule is CC(C)(C)OC(=O)[n+]1ccc(C(N)=S)cc1. The van der Waals surface area contributed by atoms with Crippen molar-refractivity contribution < 1.29 is 14.1 Å². The molecule has 1 aromatic heterocycles. The second kappa shape index (κ2) is 4.57. The number of rotatable bonds is 1. The summed E-state index contributed by atoms with van der Waals surface area (Å²) in [5, 5.41) is 0. The monoisotopic (exact) mass is 239 g/mol. The van der Waals surface area contributed by atoms with Crippen LogP contribution >= 0.6 is 12.2 Å². The third kappa shape index (κ3) is 3.58. The lowest BCUT2D eigenvalue weighted by Gasteiger charge is -2.15. The number of hydrogen-bond donors (Lipinski definition) is 1. The van der Waals surface area contributed by atoms with E-state index in [-0.39, 0.29) is 0 Å². The largest absolute Gasteiger partial charge is 0.602 e. The smallest absolute Gasteiger partial charge is 0.406 e. The number of aromatic nitrogens is 1. The van der Waals surface area contributed by atoms with Gasteiger partial charge in [-0.25, -0.2) is 0 Å². The molecule has 0 atom stereocenters. The van der Waals surface area contributed by atoms with Crippen molar-refractivity contribution in [3.8, 4) is 0 Å². The summed E-state index contributed by atoms with van der Waals surface area (Å²) < 4.78 is 6.52. The lowest BCUT2D eigenvalue weighted by atomic mass is 10.2. The lowest BCUT2D eigenvalue weighted by molar-refractivity contribution is -0.588. The van der Waals surface area contributed by atoms with Crippen LogP contribution in [0, 0.1) is 0 Å². The van der Waals surface area contributed by atoms with E-state index in [4.69, 9.17) is 22.7 Å². The zero-order valence-corrected chi connectivity index (χ0v) is 10.4. The highest BCUT2D eigenvalue weighted by molar-refractivity contribution is 7.80. The summed E-state index contributed by atoms with van der Waals surface area (Å²) in [6.45, 7) is 5.44. The number of carbonyl (C=O) groups excluding carboxylic acids is 1. The summed E-state index contributed by atoms with van der Waals surface area (Å²) in [5.74, 6) is 0. The molecular formula is C11H15N2O2S+. The molecule has 0 amide bonds. The van der Waals surface area contributed by atoms with Crippen molar-refractivity contribution in [3.63, 3.8) is 0 Å². The van der Waals surface area contributed by atoms with E-state index in [1.807, 2.05) is 20.8 Å². The van der Waals surface area contributed by atoms with E-state index in [0.717, 1.165) is 5.56 Å². The van der Waals surface area contributed by atoms with Gasteiger partial charge in [0, 0.05) is 17.7 Å². The van der Waals surface area contributed by atoms with Gasteiger partial charge in [-0.2, -0.15) is 4.79 Å². The average Bonchev–Trinajstić information content (AvgIpc) is 2.15. The number of nitrogens with two attached hydrogens (primary N) is 1. The van der Waals surface area contributed by atoms with Crippen molar-refractivity contribution in [2.24, 2.45) is 5.73 Å². The maximum Gasteiger partial charge on any atom is 0.602 e. The molecule has 0 aliphatic heterocycles. The average molecular weight is 239 g/mol. The van der Waals surface area contributed by atoms with Crippen LogP contribution in [0.4, 0.5) is 4.79 Å². The molecule has 0 fully saturated rings. The number of carbonyl (C=O) groups is 1. The molecule has 0 spiro atoms. The molecule has 1 heterocycles. The minimum absolute atomic E-state index is 0.302. The summed E-state index contributed by atoms with van der Waals surface area (Å²) in [5.41, 5.74) is 5.66. The van der Waals surface area contributed by atoms with Crippen molar-refractivity contribution in [2.75, 3.05) is 0 Å². The zero-order chi connectivity index (χ0) is 12.3. The van der Waals surface area contributed by atoms with Crippen molar-refractivity contribution in [3.05, 3.63) is 30.1 Å². The summed E-state index contributed by atoms with van der Waals surface area (Å²) >= 11 is 4.81. The number of ether oxygens (including phenoxy) is 1. The Labute approximate surface area is 100 Å². The molecule has 16 heavy (non-hydrogen) atoms. The van der Waals surface area contributed by atoms with E-state index in [2.05, 4.69) is 0 Å². The first kappa shape index (κ1) is 12.6. The number of thiocarbonyl (C=S) groups is 1. The predicted molar refractivity (Wildman–Crippen MR) is 64.2 cm³/mol. The molecule has 1 rings (SSSR count). The fourth-order valence-corrected chi connectivity index (χ4v) is 1.16. The molecule has 0 radical (unpaired) electrons. The Balaban J connectivity index is 2.82. The van der Waals surface area contributed by atoms with E-state index in [1.54, 1.807) is 24.5 Å². The van der Waals surface area contributed by atoms with Crippen molar-refractivity contribution in [2.45, 2.75) is 26.4 Å². The Bertz CT molecular complexity index is 407. The molecule has 2 N–H and O–H groups in total. The molecule has 1 aromatic rings. The van der Waals surface area contributed by atoms with Crippen LogP contribution in [0.15, 0.2) is 24.5 Å². The molecule has 0 bridgehead atoms. The highest BCUT2D eigenvalue weighted by Gasteiger charge is 2.24. The van der Waals surface area contributed by atoms with Crippen LogP contribution in [0.5, 0.6) is 0 Å². The van der Waals surface area contributed by atoms with Crippen LogP contribution in [0.25, 0.3) is 0 Å². The van der Waals surface area contributed by atoms with Crippen LogP contribution in [-0.4, -0.2) is 16.7 Å². The van der Waals surface area contributed by atoms with E-state index in [0.29, 0.717) is 4.99 Å². The molecule has 0 unspecified atom stereocenters. The van der Waals surface area contributed by atoms with Gasteiger partial charge in [0.2, 0.25) is 0 Å². The molecule has 0 aliphatic rings. The van der Waals surface area contributed by atoms with Crippen molar-refractivity contribution >= 4 is 23.3 Å². The van der Waals surface area contributed by atoms with Gasteiger partial charge in [0.25, 0.3) is 0 Å². The molecule has 0 aromatic carbocycles. The molecule has 4 nitrogen and oxygen atoms in total. The van der Waals surface area contributed by atoms with Crippen LogP contribution in [0.2, 0.25) is 0 Å². The molecular weight excluding hydrogens is 224 g/mol. The van der Waals surface area contributed by atoms with Gasteiger partial charge in [-0.05, 0) is 20.8 Å². The van der Waals surface area contributed by atoms with E-state index < -0.39 is 11.7 Å². The molecule has 0 aliphatic carbocycles. The molecule has 0 saturated heterocycles. The maximum absolute atomic E-state index is 11.6. The zero-order valence-electron chi connectivity index (χ0n) is 9.56. The van der Waals surface area contributed by atoms with E-state index >= 15 is 0 Å². The highest BCUT2D eigenvalue weighted by Crippen LogP contribution is 2.06. The van der Waals surface area contributed by atoms with E-state index in [9.17, 15) is 4.79 Å². The first-order valence-electron chi connectivity index (χ1n) is 4.84. The first-order chi connectivity index (χ1) is 7.29. The minimum Gasteiger partial charge on any atom is -0.406 e. The topological polar surface area (TPSA) is 56.2 Å². The summed E-state index contributed by atoms with van der Waals surface area (Å²) in [6, 6.07) is 3.35. The summed E-state index contributed by atoms with van der Waals surface area (Å²) in [4.78, 5) is 11.9. The Kier molecular flexibility index (Phi) is 3.59. The standard InChI is InChI=1S/C11H14N2O2S/c1-11(2,3)15-10(14)13-6-4-8(5-7-13)9(12)16/h4-7H,1-3H3,(H-,12,16)/p+1. The van der Waals surface area contributed by atoms with Crippen molar-refractivity contribution in [1.82, 2.24) is 0 Å². The Morgan fingerprint density at radius 1 is 1.38 bits per heavy atom. The van der Waals surface area contributed by atoms with Gasteiger partial charge in [-0.1, -0.05) is 16.8 Å². The van der Waals surface area contributed by atoms with Crippen LogP contribution in [0.3, 0.4) is 0 Å². The van der Waals surface area contributed by atoms with Gasteiger partial charge >= 0.3 is 6.09 Å². The van der Waals surface area contributed by atoms with Gasteiger partial charge < -0.3 is 10.5 Å². The molecule has 5 heteroatoms. The maximum atomic E-state index is 11.6. The van der Waals surface area contributed by atoms with Crippen molar-refractivity contribution in [1.29, 1.82) is 0 Å². The predicted octanol–water partition coefficient (Wildman–Crippen LogP) is 1.39. The fourth-order valence-electron chi connectivity index (χ4n) is 1.03. The van der Waals surface area contributed by atoms with Crippen LogP contribution in [0.1, 0.15) is 26.3 Å². The number of hydrogen-bond acceptors (Lipinski definition) is 3. The van der Waals surface area contributed by atoms with Crippen LogP contribution in [-0.2, 0) is 4.74 Å². The second-order valence-corrected chi connectivity index (χ2v) is 4.78. The molecule has 0 saturated carbocycles. The minimum atomic E-state index is -0.508. The fraction of sp³-hybridized carbons (Fsp3) is 0.364. The third-order valence-corrected chi connectivity index (χ3v) is 1.95. The number of nitrogens with zero attached hydrogens (tertiary/aromatic N) is 1. The number of pyridine rings is 1. The van der Waals surface area contributed by atoms with Gasteiger partial charge in [0.05, 0.1) is 0 Å². The van der Waals surface area contributed by atoms with Gasteiger partial charge in [0.15, 0.2) is 12.4 Å².